The molecule has 0 bridgehead atoms. The first-order valence-electron chi connectivity index (χ1n) is 7.82. The molecule has 18 heavy (non-hydrogen) atoms. The molecule has 1 saturated carbocycles. The third-order valence-electron chi connectivity index (χ3n) is 4.88. The van der Waals surface area contributed by atoms with Crippen LogP contribution in [0.5, 0.6) is 0 Å². The van der Waals surface area contributed by atoms with Gasteiger partial charge in [-0.1, -0.05) is 19.3 Å². The second-order valence-electron chi connectivity index (χ2n) is 6.53. The van der Waals surface area contributed by atoms with Gasteiger partial charge in [-0.15, -0.1) is 0 Å². The molecule has 0 radical (unpaired) electrons. The summed E-state index contributed by atoms with van der Waals surface area (Å²) in [5.74, 6) is 0. The van der Waals surface area contributed by atoms with Crippen molar-refractivity contribution >= 4 is 0 Å². The first-order chi connectivity index (χ1) is 8.74. The van der Waals surface area contributed by atoms with Crippen molar-refractivity contribution in [1.29, 1.82) is 0 Å². The third-order valence-corrected chi connectivity index (χ3v) is 4.88. The van der Waals surface area contributed by atoms with Gasteiger partial charge in [-0.3, -0.25) is 0 Å². The van der Waals surface area contributed by atoms with Crippen molar-refractivity contribution < 1.29 is 5.11 Å². The molecule has 0 spiro atoms. The van der Waals surface area contributed by atoms with Crippen molar-refractivity contribution in [3.63, 3.8) is 0 Å². The molecule has 2 unspecified atom stereocenters. The van der Waals surface area contributed by atoms with E-state index in [1.165, 1.54) is 57.9 Å². The van der Waals surface area contributed by atoms with Gasteiger partial charge in [-0.2, -0.15) is 0 Å². The zero-order chi connectivity index (χ0) is 12.8. The summed E-state index contributed by atoms with van der Waals surface area (Å²) in [6.07, 6.45) is 10.2. The summed E-state index contributed by atoms with van der Waals surface area (Å²) in [5, 5.41) is 16.9. The van der Waals surface area contributed by atoms with Crippen LogP contribution < -0.4 is 10.6 Å². The summed E-state index contributed by atoms with van der Waals surface area (Å²) >= 11 is 0. The van der Waals surface area contributed by atoms with E-state index in [-0.39, 0.29) is 5.41 Å². The Kier molecular flexibility index (Phi) is 5.46. The molecule has 0 aromatic heterocycles. The lowest BCUT2D eigenvalue weighted by Gasteiger charge is -2.37. The smallest absolute Gasteiger partial charge is 0.0499 e. The Morgan fingerprint density at radius 3 is 2.67 bits per heavy atom. The Hall–Kier alpha value is -0.120. The van der Waals surface area contributed by atoms with Crippen LogP contribution in [0.15, 0.2) is 0 Å². The van der Waals surface area contributed by atoms with Gasteiger partial charge in [0.15, 0.2) is 0 Å². The fourth-order valence-electron chi connectivity index (χ4n) is 3.55. The molecule has 3 heteroatoms. The molecule has 1 aliphatic carbocycles. The van der Waals surface area contributed by atoms with Crippen molar-refractivity contribution in [2.24, 2.45) is 5.41 Å². The number of aliphatic hydroxyl groups is 1. The lowest BCUT2D eigenvalue weighted by Crippen LogP contribution is -2.43. The molecule has 1 heterocycles. The number of rotatable bonds is 6. The summed E-state index contributed by atoms with van der Waals surface area (Å²) < 4.78 is 0. The monoisotopic (exact) mass is 254 g/mol. The summed E-state index contributed by atoms with van der Waals surface area (Å²) in [6, 6.07) is 1.27. The fourth-order valence-corrected chi connectivity index (χ4v) is 3.55. The van der Waals surface area contributed by atoms with Gasteiger partial charge in [0.2, 0.25) is 0 Å². The van der Waals surface area contributed by atoms with E-state index in [1.807, 2.05) is 0 Å². The summed E-state index contributed by atoms with van der Waals surface area (Å²) in [5.41, 5.74) is 0.176. The molecule has 106 valence electrons. The quantitative estimate of drug-likeness (QED) is 0.680. The number of hydrogen-bond donors (Lipinski definition) is 3. The van der Waals surface area contributed by atoms with E-state index < -0.39 is 0 Å². The van der Waals surface area contributed by atoms with Gasteiger partial charge >= 0.3 is 0 Å². The van der Waals surface area contributed by atoms with Crippen LogP contribution >= 0.6 is 0 Å². The van der Waals surface area contributed by atoms with E-state index in [1.54, 1.807) is 0 Å². The largest absolute Gasteiger partial charge is 0.396 e. The SMILES string of the molecule is CC(CC1CCCN1)NCC1(CO)CCCCC1. The molecular formula is C15H30N2O. The van der Waals surface area contributed by atoms with Gasteiger partial charge < -0.3 is 15.7 Å². The van der Waals surface area contributed by atoms with Crippen LogP contribution in [0.1, 0.15) is 58.3 Å². The van der Waals surface area contributed by atoms with E-state index in [9.17, 15) is 5.11 Å². The molecular weight excluding hydrogens is 224 g/mol. The van der Waals surface area contributed by atoms with Crippen LogP contribution in [0.3, 0.4) is 0 Å². The number of hydrogen-bond acceptors (Lipinski definition) is 3. The second-order valence-corrected chi connectivity index (χ2v) is 6.53. The Balaban J connectivity index is 1.71. The molecule has 3 N–H and O–H groups in total. The minimum Gasteiger partial charge on any atom is -0.396 e. The van der Waals surface area contributed by atoms with Crippen LogP contribution in [0.2, 0.25) is 0 Å². The van der Waals surface area contributed by atoms with Crippen LogP contribution in [0.4, 0.5) is 0 Å². The van der Waals surface area contributed by atoms with Gasteiger partial charge in [-0.25, -0.2) is 0 Å². The highest BCUT2D eigenvalue weighted by molar-refractivity contribution is 4.86. The average molecular weight is 254 g/mol. The molecule has 3 nitrogen and oxygen atoms in total. The lowest BCUT2D eigenvalue weighted by molar-refractivity contribution is 0.0782. The third kappa shape index (κ3) is 3.94. The van der Waals surface area contributed by atoms with Crippen LogP contribution in [0, 0.1) is 5.41 Å². The maximum atomic E-state index is 9.69. The van der Waals surface area contributed by atoms with E-state index in [0.717, 1.165) is 6.54 Å². The summed E-state index contributed by atoms with van der Waals surface area (Å²) in [7, 11) is 0. The molecule has 1 saturated heterocycles. The Bertz CT molecular complexity index is 233. The summed E-state index contributed by atoms with van der Waals surface area (Å²) in [4.78, 5) is 0. The van der Waals surface area contributed by atoms with E-state index in [0.29, 0.717) is 18.7 Å². The highest BCUT2D eigenvalue weighted by atomic mass is 16.3. The number of nitrogens with one attached hydrogen (secondary N) is 2. The van der Waals surface area contributed by atoms with Crippen molar-refractivity contribution in [3.05, 3.63) is 0 Å². The van der Waals surface area contributed by atoms with Gasteiger partial charge in [0.1, 0.15) is 0 Å². The lowest BCUT2D eigenvalue weighted by atomic mass is 9.74. The minimum atomic E-state index is 0.176. The molecule has 2 aliphatic rings. The van der Waals surface area contributed by atoms with Crippen molar-refractivity contribution in [2.45, 2.75) is 70.4 Å². The standard InChI is InChI=1S/C15H30N2O/c1-13(10-14-6-5-9-16-14)17-11-15(12-18)7-3-2-4-8-15/h13-14,16-18H,2-12H2,1H3. The van der Waals surface area contributed by atoms with Gasteiger partial charge in [-0.05, 0) is 45.6 Å². The maximum Gasteiger partial charge on any atom is 0.0499 e. The zero-order valence-corrected chi connectivity index (χ0v) is 11.9. The van der Waals surface area contributed by atoms with E-state index in [4.69, 9.17) is 0 Å². The zero-order valence-electron chi connectivity index (χ0n) is 11.9. The Morgan fingerprint density at radius 1 is 1.28 bits per heavy atom. The molecule has 0 aromatic carbocycles. The van der Waals surface area contributed by atoms with Gasteiger partial charge in [0, 0.05) is 30.7 Å². The highest BCUT2D eigenvalue weighted by Crippen LogP contribution is 2.35. The normalized spacial score (nSPS) is 29.3. The van der Waals surface area contributed by atoms with Crippen molar-refractivity contribution in [2.75, 3.05) is 19.7 Å². The maximum absolute atomic E-state index is 9.69. The van der Waals surface area contributed by atoms with Gasteiger partial charge in [0.05, 0.1) is 0 Å². The Morgan fingerprint density at radius 2 is 2.06 bits per heavy atom. The molecule has 0 aromatic rings. The molecule has 0 amide bonds. The minimum absolute atomic E-state index is 0.176. The van der Waals surface area contributed by atoms with Crippen molar-refractivity contribution in [1.82, 2.24) is 10.6 Å². The summed E-state index contributed by atoms with van der Waals surface area (Å²) in [6.45, 7) is 4.83. The van der Waals surface area contributed by atoms with Gasteiger partial charge in [0.25, 0.3) is 0 Å². The average Bonchev–Trinajstić information content (AvgIpc) is 2.90. The van der Waals surface area contributed by atoms with Crippen molar-refractivity contribution in [3.8, 4) is 0 Å². The second kappa shape index (κ2) is 6.88. The molecule has 2 fully saturated rings. The van der Waals surface area contributed by atoms with E-state index >= 15 is 0 Å². The molecule has 2 atom stereocenters. The fraction of sp³-hybridized carbons (Fsp3) is 1.00. The van der Waals surface area contributed by atoms with Crippen LogP contribution in [0.25, 0.3) is 0 Å². The highest BCUT2D eigenvalue weighted by Gasteiger charge is 2.31. The first-order valence-corrected chi connectivity index (χ1v) is 7.82. The first kappa shape index (κ1) is 14.3. The van der Waals surface area contributed by atoms with Crippen LogP contribution in [-0.4, -0.2) is 36.9 Å². The van der Waals surface area contributed by atoms with E-state index in [2.05, 4.69) is 17.6 Å². The number of aliphatic hydroxyl groups excluding tert-OH is 1. The predicted octanol–water partition coefficient (Wildman–Crippen LogP) is 2.05. The molecule has 2 rings (SSSR count). The van der Waals surface area contributed by atoms with Crippen LogP contribution in [-0.2, 0) is 0 Å². The Labute approximate surface area is 112 Å². The predicted molar refractivity (Wildman–Crippen MR) is 75.7 cm³/mol. The molecule has 1 aliphatic heterocycles. The topological polar surface area (TPSA) is 44.3 Å².